The minimum atomic E-state index is 0.147. The van der Waals surface area contributed by atoms with Crippen LogP contribution in [0.25, 0.3) is 0 Å². The maximum atomic E-state index is 10.7. The summed E-state index contributed by atoms with van der Waals surface area (Å²) in [5, 5.41) is 0. The summed E-state index contributed by atoms with van der Waals surface area (Å²) in [6, 6.07) is 0. The molecular weight excluding hydrogens is 148 g/mol. The summed E-state index contributed by atoms with van der Waals surface area (Å²) in [6.45, 7) is 10.6. The Morgan fingerprint density at radius 3 is 1.83 bits per heavy atom. The minimum absolute atomic E-state index is 0.147. The number of allylic oxidation sites excluding steroid dienone is 2. The van der Waals surface area contributed by atoms with Gasteiger partial charge in [0.05, 0.1) is 0 Å². The van der Waals surface area contributed by atoms with E-state index < -0.39 is 0 Å². The lowest BCUT2D eigenvalue weighted by atomic mass is 10.0. The number of hydrogen-bond donors (Lipinski definition) is 0. The van der Waals surface area contributed by atoms with E-state index in [0.717, 1.165) is 0 Å². The summed E-state index contributed by atoms with van der Waals surface area (Å²) in [5.41, 5.74) is 0.720. The summed E-state index contributed by atoms with van der Waals surface area (Å²) in [7, 11) is 0. The van der Waals surface area contributed by atoms with E-state index in [2.05, 4.69) is 33.8 Å². The Morgan fingerprint density at radius 1 is 1.17 bits per heavy atom. The van der Waals surface area contributed by atoms with Crippen LogP contribution >= 0.6 is 0 Å². The SMILES string of the molecule is CC(=O)/C=C/C1C(C)(C)C1(C)C. The highest BCUT2D eigenvalue weighted by Gasteiger charge is 2.62. The van der Waals surface area contributed by atoms with E-state index in [4.69, 9.17) is 0 Å². The van der Waals surface area contributed by atoms with Crippen molar-refractivity contribution in [3.63, 3.8) is 0 Å². The zero-order chi connectivity index (χ0) is 9.57. The predicted molar refractivity (Wildman–Crippen MR) is 50.9 cm³/mol. The van der Waals surface area contributed by atoms with E-state index in [1.165, 1.54) is 0 Å². The fourth-order valence-corrected chi connectivity index (χ4v) is 1.96. The molecule has 1 fully saturated rings. The van der Waals surface area contributed by atoms with E-state index in [-0.39, 0.29) is 5.78 Å². The summed E-state index contributed by atoms with van der Waals surface area (Å²) in [5.74, 6) is 0.711. The first-order chi connectivity index (χ1) is 5.30. The number of hydrogen-bond acceptors (Lipinski definition) is 1. The Labute approximate surface area is 74.9 Å². The second-order valence-corrected chi connectivity index (χ2v) is 4.89. The number of ketones is 1. The van der Waals surface area contributed by atoms with Crippen molar-refractivity contribution >= 4 is 5.78 Å². The van der Waals surface area contributed by atoms with Gasteiger partial charge in [0.25, 0.3) is 0 Å². The molecule has 0 amide bonds. The molecule has 0 heterocycles. The predicted octanol–water partition coefficient (Wildman–Crippen LogP) is 2.81. The topological polar surface area (TPSA) is 17.1 Å². The third kappa shape index (κ3) is 1.21. The Balaban J connectivity index is 2.66. The van der Waals surface area contributed by atoms with Crippen molar-refractivity contribution in [2.24, 2.45) is 16.7 Å². The summed E-state index contributed by atoms with van der Waals surface area (Å²) in [6.07, 6.45) is 3.75. The van der Waals surface area contributed by atoms with Crippen LogP contribution in [0.2, 0.25) is 0 Å². The van der Waals surface area contributed by atoms with Gasteiger partial charge >= 0.3 is 0 Å². The first kappa shape index (κ1) is 9.50. The molecule has 1 nitrogen and oxygen atoms in total. The smallest absolute Gasteiger partial charge is 0.152 e. The number of carbonyl (C=O) groups is 1. The van der Waals surface area contributed by atoms with Crippen molar-refractivity contribution in [2.75, 3.05) is 0 Å². The molecule has 0 aliphatic heterocycles. The van der Waals surface area contributed by atoms with Gasteiger partial charge in [-0.3, -0.25) is 4.79 Å². The van der Waals surface area contributed by atoms with Crippen molar-refractivity contribution in [1.82, 2.24) is 0 Å². The van der Waals surface area contributed by atoms with Crippen LogP contribution in [0.15, 0.2) is 12.2 Å². The minimum Gasteiger partial charge on any atom is -0.295 e. The molecule has 1 saturated carbocycles. The summed E-state index contributed by atoms with van der Waals surface area (Å²) in [4.78, 5) is 10.7. The van der Waals surface area contributed by atoms with Gasteiger partial charge in [-0.15, -0.1) is 0 Å². The lowest BCUT2D eigenvalue weighted by Gasteiger charge is -2.03. The Kier molecular flexibility index (Phi) is 1.94. The molecule has 0 unspecified atom stereocenters. The largest absolute Gasteiger partial charge is 0.295 e. The monoisotopic (exact) mass is 166 g/mol. The molecule has 1 rings (SSSR count). The van der Waals surface area contributed by atoms with Crippen LogP contribution in [-0.2, 0) is 4.79 Å². The van der Waals surface area contributed by atoms with E-state index in [0.29, 0.717) is 16.7 Å². The van der Waals surface area contributed by atoms with E-state index in [1.807, 2.05) is 0 Å². The molecule has 1 aliphatic carbocycles. The van der Waals surface area contributed by atoms with Gasteiger partial charge in [0.2, 0.25) is 0 Å². The molecule has 0 aromatic carbocycles. The fourth-order valence-electron chi connectivity index (χ4n) is 1.96. The van der Waals surface area contributed by atoms with Crippen LogP contribution in [0.4, 0.5) is 0 Å². The molecule has 0 aromatic heterocycles. The van der Waals surface area contributed by atoms with E-state index in [1.54, 1.807) is 13.0 Å². The molecule has 0 bridgehead atoms. The van der Waals surface area contributed by atoms with Crippen LogP contribution in [-0.4, -0.2) is 5.78 Å². The summed E-state index contributed by atoms with van der Waals surface area (Å²) < 4.78 is 0. The molecule has 0 radical (unpaired) electrons. The first-order valence-electron chi connectivity index (χ1n) is 4.49. The Morgan fingerprint density at radius 2 is 1.58 bits per heavy atom. The molecule has 1 heteroatoms. The molecule has 68 valence electrons. The van der Waals surface area contributed by atoms with Crippen molar-refractivity contribution in [3.8, 4) is 0 Å². The Bertz CT molecular complexity index is 219. The van der Waals surface area contributed by atoms with Gasteiger partial charge in [0.1, 0.15) is 0 Å². The van der Waals surface area contributed by atoms with Crippen LogP contribution in [0, 0.1) is 16.7 Å². The molecule has 12 heavy (non-hydrogen) atoms. The maximum Gasteiger partial charge on any atom is 0.152 e. The third-order valence-electron chi connectivity index (χ3n) is 3.66. The van der Waals surface area contributed by atoms with Crippen LogP contribution < -0.4 is 0 Å². The number of carbonyl (C=O) groups excluding carboxylic acids is 1. The highest BCUT2D eigenvalue weighted by atomic mass is 16.1. The van der Waals surface area contributed by atoms with Gasteiger partial charge in [0, 0.05) is 0 Å². The zero-order valence-electron chi connectivity index (χ0n) is 8.64. The van der Waals surface area contributed by atoms with Crippen molar-refractivity contribution in [1.29, 1.82) is 0 Å². The quantitative estimate of drug-likeness (QED) is 0.576. The number of rotatable bonds is 2. The summed E-state index contributed by atoms with van der Waals surface area (Å²) >= 11 is 0. The molecule has 0 saturated heterocycles. The van der Waals surface area contributed by atoms with Crippen molar-refractivity contribution in [2.45, 2.75) is 34.6 Å². The van der Waals surface area contributed by atoms with Crippen molar-refractivity contribution < 1.29 is 4.79 Å². The van der Waals surface area contributed by atoms with Gasteiger partial charge in [-0.05, 0) is 29.7 Å². The zero-order valence-corrected chi connectivity index (χ0v) is 8.64. The fraction of sp³-hybridized carbons (Fsp3) is 0.727. The molecule has 1 aliphatic rings. The first-order valence-corrected chi connectivity index (χ1v) is 4.49. The van der Waals surface area contributed by atoms with E-state index in [9.17, 15) is 4.79 Å². The lowest BCUT2D eigenvalue weighted by Crippen LogP contribution is -1.95. The normalized spacial score (nSPS) is 26.1. The van der Waals surface area contributed by atoms with Gasteiger partial charge in [0.15, 0.2) is 5.78 Å². The van der Waals surface area contributed by atoms with Crippen molar-refractivity contribution in [3.05, 3.63) is 12.2 Å². The van der Waals surface area contributed by atoms with Crippen LogP contribution in [0.1, 0.15) is 34.6 Å². The van der Waals surface area contributed by atoms with Crippen LogP contribution in [0.3, 0.4) is 0 Å². The average molecular weight is 166 g/mol. The third-order valence-corrected chi connectivity index (χ3v) is 3.66. The highest BCUT2D eigenvalue weighted by Crippen LogP contribution is 2.68. The standard InChI is InChI=1S/C11H18O/c1-8(12)6-7-9-10(2,3)11(9,4)5/h6-7,9H,1-5H3/b7-6+. The van der Waals surface area contributed by atoms with Gasteiger partial charge < -0.3 is 0 Å². The van der Waals surface area contributed by atoms with E-state index >= 15 is 0 Å². The molecule has 0 aromatic rings. The average Bonchev–Trinajstić information content (AvgIpc) is 2.21. The highest BCUT2D eigenvalue weighted by molar-refractivity contribution is 5.87. The maximum absolute atomic E-state index is 10.7. The second-order valence-electron chi connectivity index (χ2n) is 4.89. The van der Waals surface area contributed by atoms with Gasteiger partial charge in [-0.2, -0.15) is 0 Å². The lowest BCUT2D eigenvalue weighted by molar-refractivity contribution is -0.112. The van der Waals surface area contributed by atoms with Gasteiger partial charge in [-0.1, -0.05) is 33.8 Å². The van der Waals surface area contributed by atoms with Gasteiger partial charge in [-0.25, -0.2) is 0 Å². The molecule has 0 N–H and O–H groups in total. The molecule has 0 atom stereocenters. The Hall–Kier alpha value is -0.590. The molecular formula is C11H18O. The van der Waals surface area contributed by atoms with Crippen LogP contribution in [0.5, 0.6) is 0 Å². The molecule has 0 spiro atoms. The second kappa shape index (κ2) is 2.45.